The van der Waals surface area contributed by atoms with Crippen LogP contribution in [0.1, 0.15) is 62.4 Å². The fourth-order valence-electron chi connectivity index (χ4n) is 2.56. The van der Waals surface area contributed by atoms with E-state index < -0.39 is 0 Å². The number of ketones is 1. The normalized spacial score (nSPS) is 17.4. The monoisotopic (exact) mass is 230 g/mol. The van der Waals surface area contributed by atoms with E-state index in [-0.39, 0.29) is 11.3 Å². The maximum absolute atomic E-state index is 12.2. The number of hydrogen-bond donors (Lipinski definition) is 0. The Bertz CT molecular complexity index is 389. The second-order valence-corrected chi connectivity index (χ2v) is 6.17. The molecule has 0 N–H and O–H groups in total. The van der Waals surface area contributed by atoms with Crippen LogP contribution >= 0.6 is 0 Å². The average molecular weight is 230 g/mol. The highest BCUT2D eigenvalue weighted by Crippen LogP contribution is 2.29. The Labute approximate surface area is 104 Å². The molecule has 0 spiro atoms. The number of carbonyl (C=O) groups is 1. The van der Waals surface area contributed by atoms with E-state index in [0.29, 0.717) is 5.78 Å². The third kappa shape index (κ3) is 2.77. The Balaban J connectivity index is 2.15. The molecule has 92 valence electrons. The van der Waals surface area contributed by atoms with E-state index in [1.54, 1.807) is 0 Å². The third-order valence-corrected chi connectivity index (χ3v) is 3.76. The zero-order chi connectivity index (χ0) is 12.5. The molecule has 1 saturated carbocycles. The van der Waals surface area contributed by atoms with E-state index in [1.165, 1.54) is 18.4 Å². The van der Waals surface area contributed by atoms with Crippen molar-refractivity contribution in [2.24, 2.45) is 5.92 Å². The highest BCUT2D eigenvalue weighted by atomic mass is 16.1. The van der Waals surface area contributed by atoms with Gasteiger partial charge in [0.15, 0.2) is 5.78 Å². The Morgan fingerprint density at radius 2 is 1.59 bits per heavy atom. The number of rotatable bonds is 2. The first-order chi connectivity index (χ1) is 7.98. The van der Waals surface area contributed by atoms with Gasteiger partial charge in [0.25, 0.3) is 0 Å². The summed E-state index contributed by atoms with van der Waals surface area (Å²) in [7, 11) is 0. The summed E-state index contributed by atoms with van der Waals surface area (Å²) in [6.45, 7) is 6.59. The molecule has 1 aliphatic rings. The van der Waals surface area contributed by atoms with E-state index >= 15 is 0 Å². The van der Waals surface area contributed by atoms with Crippen LogP contribution in [-0.2, 0) is 5.41 Å². The van der Waals surface area contributed by atoms with Gasteiger partial charge in [0.1, 0.15) is 0 Å². The van der Waals surface area contributed by atoms with Crippen molar-refractivity contribution < 1.29 is 4.79 Å². The minimum Gasteiger partial charge on any atom is -0.294 e. The molecule has 1 fully saturated rings. The number of carbonyl (C=O) groups excluding carboxylic acids is 1. The van der Waals surface area contributed by atoms with Crippen LogP contribution in [0, 0.1) is 5.92 Å². The molecule has 0 unspecified atom stereocenters. The van der Waals surface area contributed by atoms with Gasteiger partial charge in [0.2, 0.25) is 0 Å². The molecule has 0 aromatic heterocycles. The molecule has 1 aromatic carbocycles. The van der Waals surface area contributed by atoms with E-state index in [4.69, 9.17) is 0 Å². The minimum absolute atomic E-state index is 0.162. The van der Waals surface area contributed by atoms with Gasteiger partial charge in [-0.3, -0.25) is 4.79 Å². The Morgan fingerprint density at radius 1 is 1.06 bits per heavy atom. The van der Waals surface area contributed by atoms with E-state index in [9.17, 15) is 4.79 Å². The molecule has 0 amide bonds. The predicted molar refractivity (Wildman–Crippen MR) is 71.4 cm³/mol. The number of benzene rings is 1. The quantitative estimate of drug-likeness (QED) is 0.690. The standard InChI is InChI=1S/C16H22O/c1-16(2,3)14-10-8-13(9-11-14)15(17)12-6-4-5-7-12/h8-12H,4-7H2,1-3H3. The van der Waals surface area contributed by atoms with Gasteiger partial charge in [-0.1, -0.05) is 57.9 Å². The smallest absolute Gasteiger partial charge is 0.165 e. The van der Waals surface area contributed by atoms with Gasteiger partial charge in [0.05, 0.1) is 0 Å². The van der Waals surface area contributed by atoms with Crippen molar-refractivity contribution in [3.8, 4) is 0 Å². The summed E-state index contributed by atoms with van der Waals surface area (Å²) in [6, 6.07) is 8.20. The molecule has 1 nitrogen and oxygen atoms in total. The molecular formula is C16H22O. The van der Waals surface area contributed by atoms with Gasteiger partial charge in [-0.05, 0) is 23.8 Å². The molecule has 0 bridgehead atoms. The van der Waals surface area contributed by atoms with Crippen LogP contribution < -0.4 is 0 Å². The van der Waals surface area contributed by atoms with Crippen molar-refractivity contribution in [2.75, 3.05) is 0 Å². The Morgan fingerprint density at radius 3 is 2.06 bits per heavy atom. The van der Waals surface area contributed by atoms with Gasteiger partial charge in [-0.2, -0.15) is 0 Å². The first-order valence-electron chi connectivity index (χ1n) is 6.63. The van der Waals surface area contributed by atoms with Crippen molar-refractivity contribution in [3.05, 3.63) is 35.4 Å². The van der Waals surface area contributed by atoms with Crippen molar-refractivity contribution in [1.82, 2.24) is 0 Å². The first kappa shape index (κ1) is 12.3. The molecule has 0 aliphatic heterocycles. The summed E-state index contributed by atoms with van der Waals surface area (Å²) in [5.74, 6) is 0.637. The zero-order valence-corrected chi connectivity index (χ0v) is 11.1. The third-order valence-electron chi connectivity index (χ3n) is 3.76. The number of hydrogen-bond acceptors (Lipinski definition) is 1. The lowest BCUT2D eigenvalue weighted by Crippen LogP contribution is -2.13. The zero-order valence-electron chi connectivity index (χ0n) is 11.1. The molecule has 17 heavy (non-hydrogen) atoms. The van der Waals surface area contributed by atoms with Crippen LogP contribution in [-0.4, -0.2) is 5.78 Å². The Kier molecular flexibility index (Phi) is 3.37. The summed E-state index contributed by atoms with van der Waals surface area (Å²) >= 11 is 0. The lowest BCUT2D eigenvalue weighted by atomic mass is 9.85. The summed E-state index contributed by atoms with van der Waals surface area (Å²) in [5.41, 5.74) is 2.35. The molecule has 0 atom stereocenters. The lowest BCUT2D eigenvalue weighted by molar-refractivity contribution is 0.0923. The maximum Gasteiger partial charge on any atom is 0.165 e. The summed E-state index contributed by atoms with van der Waals surface area (Å²) in [6.07, 6.45) is 4.60. The topological polar surface area (TPSA) is 17.1 Å². The number of Topliss-reactive ketones (excluding diaryl/α,β-unsaturated/α-hetero) is 1. The fraction of sp³-hybridized carbons (Fsp3) is 0.562. The fourth-order valence-corrected chi connectivity index (χ4v) is 2.56. The van der Waals surface area contributed by atoms with Crippen molar-refractivity contribution in [1.29, 1.82) is 0 Å². The summed E-state index contributed by atoms with van der Waals surface area (Å²) < 4.78 is 0. The Hall–Kier alpha value is -1.11. The second kappa shape index (κ2) is 4.64. The van der Waals surface area contributed by atoms with Gasteiger partial charge < -0.3 is 0 Å². The molecule has 2 rings (SSSR count). The minimum atomic E-state index is 0.162. The summed E-state index contributed by atoms with van der Waals surface area (Å²) in [5, 5.41) is 0. The SMILES string of the molecule is CC(C)(C)c1ccc(C(=O)C2CCCC2)cc1. The van der Waals surface area contributed by atoms with Gasteiger partial charge in [0, 0.05) is 11.5 Å². The van der Waals surface area contributed by atoms with Crippen molar-refractivity contribution in [3.63, 3.8) is 0 Å². The van der Waals surface area contributed by atoms with E-state index in [0.717, 1.165) is 18.4 Å². The van der Waals surface area contributed by atoms with E-state index in [2.05, 4.69) is 32.9 Å². The second-order valence-electron chi connectivity index (χ2n) is 6.17. The van der Waals surface area contributed by atoms with Gasteiger partial charge >= 0.3 is 0 Å². The van der Waals surface area contributed by atoms with Crippen molar-refractivity contribution >= 4 is 5.78 Å². The van der Waals surface area contributed by atoms with Gasteiger partial charge in [-0.15, -0.1) is 0 Å². The predicted octanol–water partition coefficient (Wildman–Crippen LogP) is 4.36. The largest absolute Gasteiger partial charge is 0.294 e. The molecule has 1 heteroatoms. The highest BCUT2D eigenvalue weighted by molar-refractivity contribution is 5.98. The van der Waals surface area contributed by atoms with Gasteiger partial charge in [-0.25, -0.2) is 0 Å². The highest BCUT2D eigenvalue weighted by Gasteiger charge is 2.24. The molecule has 1 aromatic rings. The van der Waals surface area contributed by atoms with Crippen molar-refractivity contribution in [2.45, 2.75) is 51.9 Å². The maximum atomic E-state index is 12.2. The lowest BCUT2D eigenvalue weighted by Gasteiger charge is -2.19. The van der Waals surface area contributed by atoms with Crippen LogP contribution in [0.4, 0.5) is 0 Å². The molecular weight excluding hydrogens is 208 g/mol. The van der Waals surface area contributed by atoms with Crippen LogP contribution in [0.15, 0.2) is 24.3 Å². The van der Waals surface area contributed by atoms with Crippen LogP contribution in [0.2, 0.25) is 0 Å². The van der Waals surface area contributed by atoms with Crippen LogP contribution in [0.3, 0.4) is 0 Å². The molecule has 0 radical (unpaired) electrons. The summed E-state index contributed by atoms with van der Waals surface area (Å²) in [4.78, 5) is 12.2. The van der Waals surface area contributed by atoms with Crippen LogP contribution in [0.25, 0.3) is 0 Å². The molecule has 1 aliphatic carbocycles. The molecule has 0 saturated heterocycles. The van der Waals surface area contributed by atoms with Crippen LogP contribution in [0.5, 0.6) is 0 Å². The van der Waals surface area contributed by atoms with E-state index in [1.807, 2.05) is 12.1 Å². The first-order valence-corrected chi connectivity index (χ1v) is 6.63. The molecule has 0 heterocycles. The average Bonchev–Trinajstić information content (AvgIpc) is 2.80.